The number of urea groups is 1. The number of carbonyl (C=O) groups excluding carboxylic acids is 1. The molecule has 1 N–H and O–H groups in total. The van der Waals surface area contributed by atoms with E-state index in [1.54, 1.807) is 48.2 Å². The minimum atomic E-state index is -0.721. The topological polar surface area (TPSA) is 71.3 Å². The number of hydrogen-bond acceptors (Lipinski definition) is 4. The highest BCUT2D eigenvalue weighted by atomic mass is 35.5. The van der Waals surface area contributed by atoms with Crippen molar-refractivity contribution in [1.82, 2.24) is 20.4 Å². The van der Waals surface area contributed by atoms with Crippen molar-refractivity contribution < 1.29 is 18.1 Å². The van der Waals surface area contributed by atoms with Crippen LogP contribution in [0.25, 0.3) is 17.0 Å². The second-order valence-electron chi connectivity index (χ2n) is 8.08. The summed E-state index contributed by atoms with van der Waals surface area (Å²) < 4.78 is 33.0. The van der Waals surface area contributed by atoms with Gasteiger partial charge < -0.3 is 9.84 Å². The first-order valence-corrected chi connectivity index (χ1v) is 11.2. The summed E-state index contributed by atoms with van der Waals surface area (Å²) in [7, 11) is 0. The molecule has 2 heterocycles. The summed E-state index contributed by atoms with van der Waals surface area (Å²) >= 11 is 5.99. The second-order valence-corrected chi connectivity index (χ2v) is 8.52. The van der Waals surface area contributed by atoms with Gasteiger partial charge in [-0.25, -0.2) is 13.6 Å². The summed E-state index contributed by atoms with van der Waals surface area (Å²) in [4.78, 5) is 19.2. The number of nitrogens with zero attached hydrogens (tertiary/aromatic N) is 3. The first kappa shape index (κ1) is 22.7. The fraction of sp³-hybridized carbons (Fsp3) is 0.115. The minimum absolute atomic E-state index is 0.164. The summed E-state index contributed by atoms with van der Waals surface area (Å²) in [6.45, 7) is 2.05. The highest BCUT2D eigenvalue weighted by Gasteiger charge is 2.36. The van der Waals surface area contributed by atoms with E-state index in [1.807, 2.05) is 12.1 Å². The number of rotatable bonds is 5. The fourth-order valence-corrected chi connectivity index (χ4v) is 4.13. The van der Waals surface area contributed by atoms with Crippen molar-refractivity contribution in [2.75, 3.05) is 0 Å². The Hall–Kier alpha value is -4.04. The Kier molecular flexibility index (Phi) is 6.05. The van der Waals surface area contributed by atoms with Crippen molar-refractivity contribution >= 4 is 23.2 Å². The van der Waals surface area contributed by atoms with Gasteiger partial charge >= 0.3 is 6.03 Å². The van der Waals surface area contributed by atoms with Crippen LogP contribution in [0.15, 0.2) is 83.0 Å². The third-order valence-corrected chi connectivity index (χ3v) is 6.04. The summed E-state index contributed by atoms with van der Waals surface area (Å²) in [6, 6.07) is 17.8. The van der Waals surface area contributed by atoms with E-state index in [1.165, 1.54) is 24.3 Å². The molecule has 0 saturated carbocycles. The van der Waals surface area contributed by atoms with Gasteiger partial charge in [0.25, 0.3) is 5.89 Å². The van der Waals surface area contributed by atoms with Crippen LogP contribution in [0.5, 0.6) is 0 Å². The van der Waals surface area contributed by atoms with Crippen LogP contribution in [-0.2, 0) is 6.54 Å². The Morgan fingerprint density at radius 2 is 1.77 bits per heavy atom. The van der Waals surface area contributed by atoms with Crippen LogP contribution in [0.2, 0.25) is 5.02 Å². The maximum atomic E-state index is 14.1. The van der Waals surface area contributed by atoms with Crippen LogP contribution >= 0.6 is 11.6 Å². The van der Waals surface area contributed by atoms with E-state index in [-0.39, 0.29) is 30.1 Å². The van der Waals surface area contributed by atoms with Gasteiger partial charge in [-0.05, 0) is 66.6 Å². The van der Waals surface area contributed by atoms with E-state index in [0.29, 0.717) is 27.4 Å². The Labute approximate surface area is 204 Å². The quantitative estimate of drug-likeness (QED) is 0.351. The maximum Gasteiger partial charge on any atom is 0.322 e. The lowest BCUT2D eigenvalue weighted by Gasteiger charge is -2.35. The summed E-state index contributed by atoms with van der Waals surface area (Å²) in [5, 5.41) is 7.58. The molecule has 0 fully saturated rings. The fourth-order valence-electron chi connectivity index (χ4n) is 4.01. The number of carbonyl (C=O) groups is 1. The van der Waals surface area contributed by atoms with Gasteiger partial charge in [-0.1, -0.05) is 41.0 Å². The molecule has 2 amide bonds. The molecule has 0 bridgehead atoms. The average Bonchev–Trinajstić information content (AvgIpc) is 3.33. The lowest BCUT2D eigenvalue weighted by Crippen LogP contribution is -2.45. The van der Waals surface area contributed by atoms with Crippen molar-refractivity contribution in [3.8, 4) is 11.4 Å². The van der Waals surface area contributed by atoms with Gasteiger partial charge in [0.05, 0.1) is 18.2 Å². The maximum absolute atomic E-state index is 14.1. The molecule has 176 valence electrons. The van der Waals surface area contributed by atoms with Crippen molar-refractivity contribution in [3.63, 3.8) is 0 Å². The molecule has 35 heavy (non-hydrogen) atoms. The molecule has 1 aromatic heterocycles. The van der Waals surface area contributed by atoms with Crippen LogP contribution in [0, 0.1) is 11.6 Å². The van der Waals surface area contributed by atoms with Crippen molar-refractivity contribution in [2.24, 2.45) is 0 Å². The molecule has 1 atom stereocenters. The Morgan fingerprint density at radius 1 is 1.03 bits per heavy atom. The van der Waals surface area contributed by atoms with E-state index in [2.05, 4.69) is 15.5 Å². The van der Waals surface area contributed by atoms with Crippen LogP contribution in [0.1, 0.15) is 30.0 Å². The molecule has 0 aliphatic carbocycles. The lowest BCUT2D eigenvalue weighted by atomic mass is 9.94. The highest BCUT2D eigenvalue weighted by Crippen LogP contribution is 2.38. The molecule has 5 rings (SSSR count). The van der Waals surface area contributed by atoms with Crippen LogP contribution < -0.4 is 5.32 Å². The number of hydrogen-bond donors (Lipinski definition) is 1. The Bertz CT molecular complexity index is 1420. The summed E-state index contributed by atoms with van der Waals surface area (Å²) in [5.74, 6) is -0.387. The van der Waals surface area contributed by atoms with Crippen LogP contribution in [-0.4, -0.2) is 21.1 Å². The van der Waals surface area contributed by atoms with Gasteiger partial charge in [0.1, 0.15) is 11.6 Å². The highest BCUT2D eigenvalue weighted by molar-refractivity contribution is 6.30. The SMILES string of the molecule is CC1=C(c2nc(-c3ccc(F)cc3)no2)C(c2cccc(F)c2)NC(=O)N1Cc1ccc(Cl)cc1. The van der Waals surface area contributed by atoms with Gasteiger partial charge in [-0.3, -0.25) is 4.90 Å². The molecule has 4 aromatic rings. The summed E-state index contributed by atoms with van der Waals surface area (Å²) in [5.41, 5.74) is 3.07. The largest absolute Gasteiger partial charge is 0.334 e. The molecule has 1 aliphatic rings. The van der Waals surface area contributed by atoms with Gasteiger partial charge in [0.15, 0.2) is 0 Å². The second kappa shape index (κ2) is 9.31. The zero-order valence-electron chi connectivity index (χ0n) is 18.5. The Morgan fingerprint density at radius 3 is 2.49 bits per heavy atom. The number of aromatic nitrogens is 2. The first-order chi connectivity index (χ1) is 16.9. The van der Waals surface area contributed by atoms with Gasteiger partial charge in [0, 0.05) is 16.3 Å². The van der Waals surface area contributed by atoms with E-state index < -0.39 is 11.9 Å². The smallest absolute Gasteiger partial charge is 0.322 e. The number of halogens is 3. The van der Waals surface area contributed by atoms with E-state index >= 15 is 0 Å². The molecule has 3 aromatic carbocycles. The molecule has 1 aliphatic heterocycles. The summed E-state index contributed by atoms with van der Waals surface area (Å²) in [6.07, 6.45) is 0. The van der Waals surface area contributed by atoms with Crippen molar-refractivity contribution in [1.29, 1.82) is 0 Å². The predicted octanol–water partition coefficient (Wildman–Crippen LogP) is 6.37. The number of allylic oxidation sites excluding steroid dienone is 1. The normalized spacial score (nSPS) is 15.9. The van der Waals surface area contributed by atoms with Crippen molar-refractivity contribution in [3.05, 3.63) is 112 Å². The molecule has 9 heteroatoms. The molecule has 6 nitrogen and oxygen atoms in total. The number of amides is 2. The predicted molar refractivity (Wildman–Crippen MR) is 127 cm³/mol. The zero-order chi connectivity index (χ0) is 24.5. The van der Waals surface area contributed by atoms with Gasteiger partial charge in [0.2, 0.25) is 5.82 Å². The minimum Gasteiger partial charge on any atom is -0.334 e. The van der Waals surface area contributed by atoms with E-state index in [9.17, 15) is 13.6 Å². The monoisotopic (exact) mass is 492 g/mol. The molecular formula is C26H19ClF2N4O2. The number of nitrogens with one attached hydrogen (secondary N) is 1. The van der Waals surface area contributed by atoms with E-state index in [4.69, 9.17) is 16.1 Å². The molecule has 1 unspecified atom stereocenters. The zero-order valence-corrected chi connectivity index (χ0v) is 19.3. The van der Waals surface area contributed by atoms with E-state index in [0.717, 1.165) is 5.56 Å². The molecule has 0 saturated heterocycles. The van der Waals surface area contributed by atoms with Crippen LogP contribution in [0.3, 0.4) is 0 Å². The van der Waals surface area contributed by atoms with Crippen LogP contribution in [0.4, 0.5) is 13.6 Å². The van der Waals surface area contributed by atoms with Gasteiger partial charge in [-0.15, -0.1) is 0 Å². The first-order valence-electron chi connectivity index (χ1n) is 10.8. The third-order valence-electron chi connectivity index (χ3n) is 5.79. The average molecular weight is 493 g/mol. The molecule has 0 spiro atoms. The van der Waals surface area contributed by atoms with Crippen molar-refractivity contribution in [2.45, 2.75) is 19.5 Å². The lowest BCUT2D eigenvalue weighted by molar-refractivity contribution is 0.203. The molecular weight excluding hydrogens is 474 g/mol. The standard InChI is InChI=1S/C26H19ClF2N4O2/c1-15-22(25-31-24(32-35-25)17-7-11-20(28)12-8-17)23(18-3-2-4-21(29)13-18)30-26(34)33(15)14-16-5-9-19(27)10-6-16/h2-13,23H,14H2,1H3,(H,30,34). The third kappa shape index (κ3) is 4.65. The Balaban J connectivity index is 1.59. The number of benzene rings is 3. The molecule has 0 radical (unpaired) electrons. The van der Waals surface area contributed by atoms with Gasteiger partial charge in [-0.2, -0.15) is 4.98 Å².